The fourth-order valence-corrected chi connectivity index (χ4v) is 0.605. The summed E-state index contributed by atoms with van der Waals surface area (Å²) in [6.07, 6.45) is -4.87. The first-order chi connectivity index (χ1) is 5.49. The van der Waals surface area contributed by atoms with Crippen molar-refractivity contribution in [3.8, 4) is 5.75 Å². The maximum absolute atomic E-state index is 12.4. The van der Waals surface area contributed by atoms with Crippen LogP contribution in [-0.2, 0) is 0 Å². The van der Waals surface area contributed by atoms with Gasteiger partial charge in [-0.15, -0.1) is 13.2 Å². The van der Waals surface area contributed by atoms with Gasteiger partial charge in [0, 0.05) is 6.07 Å². The van der Waals surface area contributed by atoms with Gasteiger partial charge in [-0.25, -0.2) is 4.39 Å². The molecule has 0 bridgehead atoms. The summed E-state index contributed by atoms with van der Waals surface area (Å²) in [5.74, 6) is -2.03. The highest BCUT2D eigenvalue weighted by Crippen LogP contribution is 2.24. The van der Waals surface area contributed by atoms with Crippen molar-refractivity contribution < 1.29 is 22.3 Å². The van der Waals surface area contributed by atoms with Crippen LogP contribution in [0.3, 0.4) is 0 Å². The Kier molecular flexibility index (Phi) is 2.21. The number of benzene rings is 1. The van der Waals surface area contributed by atoms with Crippen molar-refractivity contribution in [2.24, 2.45) is 0 Å². The SMILES string of the molecule is Fc1[c]cccc1OC(F)(F)F. The van der Waals surface area contributed by atoms with Gasteiger partial charge in [0.05, 0.1) is 0 Å². The summed E-state index contributed by atoms with van der Waals surface area (Å²) in [7, 11) is 0. The number of hydrogen-bond donors (Lipinski definition) is 0. The molecule has 65 valence electrons. The average Bonchev–Trinajstić information content (AvgIpc) is 1.91. The molecule has 0 aliphatic heterocycles. The van der Waals surface area contributed by atoms with Crippen molar-refractivity contribution in [3.05, 3.63) is 30.1 Å². The van der Waals surface area contributed by atoms with Crippen LogP contribution in [0.15, 0.2) is 18.2 Å². The molecular weight excluding hydrogens is 176 g/mol. The maximum Gasteiger partial charge on any atom is 0.573 e. The zero-order valence-corrected chi connectivity index (χ0v) is 5.65. The summed E-state index contributed by atoms with van der Waals surface area (Å²) in [6.45, 7) is 0. The number of rotatable bonds is 1. The molecule has 1 radical (unpaired) electrons. The van der Waals surface area contributed by atoms with Crippen molar-refractivity contribution in [1.29, 1.82) is 0 Å². The van der Waals surface area contributed by atoms with E-state index in [1.165, 1.54) is 6.07 Å². The van der Waals surface area contributed by atoms with Crippen LogP contribution in [0.1, 0.15) is 0 Å². The molecule has 0 aliphatic carbocycles. The van der Waals surface area contributed by atoms with Gasteiger partial charge in [0.25, 0.3) is 0 Å². The minimum Gasteiger partial charge on any atom is -0.403 e. The molecule has 1 aromatic carbocycles. The molecular formula is C7H3F4O. The van der Waals surface area contributed by atoms with E-state index in [4.69, 9.17) is 0 Å². The Morgan fingerprint density at radius 3 is 2.50 bits per heavy atom. The first kappa shape index (κ1) is 8.83. The third-order valence-corrected chi connectivity index (χ3v) is 0.996. The Bertz CT molecular complexity index is 268. The van der Waals surface area contributed by atoms with Crippen LogP contribution in [0.4, 0.5) is 17.6 Å². The minimum atomic E-state index is -4.87. The Hall–Kier alpha value is -1.26. The molecule has 12 heavy (non-hydrogen) atoms. The molecule has 1 rings (SSSR count). The van der Waals surface area contributed by atoms with Gasteiger partial charge >= 0.3 is 6.36 Å². The molecule has 1 nitrogen and oxygen atoms in total. The predicted molar refractivity (Wildman–Crippen MR) is 31.9 cm³/mol. The van der Waals surface area contributed by atoms with Gasteiger partial charge in [-0.05, 0) is 6.07 Å². The van der Waals surface area contributed by atoms with Crippen LogP contribution >= 0.6 is 0 Å². The van der Waals surface area contributed by atoms with Gasteiger partial charge < -0.3 is 4.74 Å². The smallest absolute Gasteiger partial charge is 0.403 e. The molecule has 0 heterocycles. The van der Waals surface area contributed by atoms with Crippen molar-refractivity contribution in [2.75, 3.05) is 0 Å². The molecule has 0 fully saturated rings. The number of halogens is 4. The summed E-state index contributed by atoms with van der Waals surface area (Å²) in [6, 6.07) is 5.16. The minimum absolute atomic E-state index is 0.870. The first-order valence-corrected chi connectivity index (χ1v) is 2.91. The summed E-state index contributed by atoms with van der Waals surface area (Å²) >= 11 is 0. The lowest BCUT2D eigenvalue weighted by Gasteiger charge is -2.08. The van der Waals surface area contributed by atoms with E-state index >= 15 is 0 Å². The molecule has 0 saturated heterocycles. The van der Waals surface area contributed by atoms with Gasteiger partial charge in [0.2, 0.25) is 0 Å². The van der Waals surface area contributed by atoms with Crippen molar-refractivity contribution in [3.63, 3.8) is 0 Å². The first-order valence-electron chi connectivity index (χ1n) is 2.91. The number of ether oxygens (including phenoxy) is 1. The number of hydrogen-bond acceptors (Lipinski definition) is 1. The lowest BCUT2D eigenvalue weighted by atomic mass is 10.3. The third-order valence-electron chi connectivity index (χ3n) is 0.996. The van der Waals surface area contributed by atoms with E-state index in [0.717, 1.165) is 12.1 Å². The van der Waals surface area contributed by atoms with E-state index in [1.54, 1.807) is 0 Å². The van der Waals surface area contributed by atoms with Gasteiger partial charge in [-0.1, -0.05) is 12.1 Å². The summed E-state index contributed by atoms with van der Waals surface area (Å²) in [5.41, 5.74) is 0. The summed E-state index contributed by atoms with van der Waals surface area (Å²) in [4.78, 5) is 0. The zero-order chi connectivity index (χ0) is 9.19. The third kappa shape index (κ3) is 2.41. The molecule has 0 atom stereocenters. The largest absolute Gasteiger partial charge is 0.573 e. The Balaban J connectivity index is 2.83. The average molecular weight is 179 g/mol. The quantitative estimate of drug-likeness (QED) is 0.602. The summed E-state index contributed by atoms with van der Waals surface area (Å²) < 4.78 is 50.3. The second-order valence-electron chi connectivity index (χ2n) is 1.90. The fraction of sp³-hybridized carbons (Fsp3) is 0.143. The van der Waals surface area contributed by atoms with Gasteiger partial charge in [0.15, 0.2) is 11.6 Å². The van der Waals surface area contributed by atoms with E-state index in [1.807, 2.05) is 6.07 Å². The van der Waals surface area contributed by atoms with Crippen LogP contribution in [-0.4, -0.2) is 6.36 Å². The second kappa shape index (κ2) is 3.00. The van der Waals surface area contributed by atoms with Crippen molar-refractivity contribution in [1.82, 2.24) is 0 Å². The normalized spacial score (nSPS) is 11.3. The Morgan fingerprint density at radius 1 is 1.33 bits per heavy atom. The molecule has 1 aromatic rings. The van der Waals surface area contributed by atoms with Gasteiger partial charge in [0.1, 0.15) is 0 Å². The maximum atomic E-state index is 12.4. The van der Waals surface area contributed by atoms with Crippen LogP contribution in [0.2, 0.25) is 0 Å². The van der Waals surface area contributed by atoms with E-state index in [0.29, 0.717) is 0 Å². The lowest BCUT2D eigenvalue weighted by molar-refractivity contribution is -0.275. The molecule has 0 N–H and O–H groups in total. The van der Waals surface area contributed by atoms with Gasteiger partial charge in [-0.3, -0.25) is 0 Å². The van der Waals surface area contributed by atoms with Crippen LogP contribution in [0, 0.1) is 11.9 Å². The van der Waals surface area contributed by atoms with Crippen molar-refractivity contribution in [2.45, 2.75) is 6.36 Å². The Morgan fingerprint density at radius 2 is 2.00 bits per heavy atom. The van der Waals surface area contributed by atoms with E-state index in [-0.39, 0.29) is 0 Å². The molecule has 0 saturated carbocycles. The molecule has 0 unspecified atom stereocenters. The molecule has 0 aromatic heterocycles. The molecule has 5 heteroatoms. The van der Waals surface area contributed by atoms with Crippen LogP contribution in [0.25, 0.3) is 0 Å². The highest BCUT2D eigenvalue weighted by molar-refractivity contribution is 5.22. The van der Waals surface area contributed by atoms with E-state index < -0.39 is 17.9 Å². The van der Waals surface area contributed by atoms with E-state index in [9.17, 15) is 17.6 Å². The fourth-order valence-electron chi connectivity index (χ4n) is 0.605. The Labute approximate surface area is 65.6 Å². The monoisotopic (exact) mass is 179 g/mol. The number of alkyl halides is 3. The molecule has 0 spiro atoms. The highest BCUT2D eigenvalue weighted by atomic mass is 19.4. The summed E-state index contributed by atoms with van der Waals surface area (Å²) in [5, 5.41) is 0. The van der Waals surface area contributed by atoms with E-state index in [2.05, 4.69) is 4.74 Å². The predicted octanol–water partition coefficient (Wildman–Crippen LogP) is 2.52. The standard InChI is InChI=1S/C7H3F4O/c8-5-3-1-2-4-6(5)12-7(9,10)11/h1-2,4H. The highest BCUT2D eigenvalue weighted by Gasteiger charge is 2.32. The molecule has 0 amide bonds. The lowest BCUT2D eigenvalue weighted by Crippen LogP contribution is -2.17. The molecule has 0 aliphatic rings. The second-order valence-corrected chi connectivity index (χ2v) is 1.90. The topological polar surface area (TPSA) is 9.23 Å². The zero-order valence-electron chi connectivity index (χ0n) is 5.65. The van der Waals surface area contributed by atoms with Crippen LogP contribution < -0.4 is 4.74 Å². The van der Waals surface area contributed by atoms with Gasteiger partial charge in [-0.2, -0.15) is 0 Å². The van der Waals surface area contributed by atoms with Crippen LogP contribution in [0.5, 0.6) is 5.75 Å². The van der Waals surface area contributed by atoms with Crippen molar-refractivity contribution >= 4 is 0 Å².